The molecule has 1 aliphatic carbocycles. The maximum atomic E-state index is 12.6. The van der Waals surface area contributed by atoms with Gasteiger partial charge >= 0.3 is 5.97 Å². The van der Waals surface area contributed by atoms with Crippen molar-refractivity contribution in [3.8, 4) is 5.69 Å². The number of nitrogens with zero attached hydrogens (tertiary/aromatic N) is 3. The first-order chi connectivity index (χ1) is 11.5. The molecule has 0 aliphatic heterocycles. The molecule has 0 saturated carbocycles. The lowest BCUT2D eigenvalue weighted by Crippen LogP contribution is -2.32. The highest BCUT2D eigenvalue weighted by Crippen LogP contribution is 2.28. The second kappa shape index (κ2) is 6.47. The molecule has 1 aromatic carbocycles. The van der Waals surface area contributed by atoms with Gasteiger partial charge in [0.1, 0.15) is 6.54 Å². The molecule has 0 atom stereocenters. The lowest BCUT2D eigenvalue weighted by Gasteiger charge is -2.13. The minimum absolute atomic E-state index is 0.328. The Morgan fingerprint density at radius 1 is 1.25 bits per heavy atom. The maximum absolute atomic E-state index is 12.6. The number of benzene rings is 1. The number of carboxylic acids is 1. The Hall–Kier alpha value is -2.63. The molecule has 0 radical (unpaired) electrons. The molecule has 0 saturated heterocycles. The molecular weight excluding hydrogens is 306 g/mol. The Morgan fingerprint density at radius 2 is 1.96 bits per heavy atom. The minimum Gasteiger partial charge on any atom is -0.480 e. The molecule has 0 spiro atoms. The summed E-state index contributed by atoms with van der Waals surface area (Å²) in [5.41, 5.74) is 4.58. The van der Waals surface area contributed by atoms with Crippen molar-refractivity contribution >= 4 is 11.9 Å². The monoisotopic (exact) mass is 327 g/mol. The van der Waals surface area contributed by atoms with Crippen molar-refractivity contribution in [2.24, 2.45) is 0 Å². The van der Waals surface area contributed by atoms with Gasteiger partial charge in [-0.3, -0.25) is 9.59 Å². The van der Waals surface area contributed by atoms with Gasteiger partial charge in [0.2, 0.25) is 0 Å². The summed E-state index contributed by atoms with van der Waals surface area (Å²) in [7, 11) is 1.49. The van der Waals surface area contributed by atoms with Crippen LogP contribution in [0.1, 0.15) is 40.7 Å². The molecule has 1 aromatic heterocycles. The number of aliphatic carboxylic acids is 1. The highest BCUT2D eigenvalue weighted by Gasteiger charge is 2.29. The number of rotatable bonds is 5. The van der Waals surface area contributed by atoms with Crippen LogP contribution in [0.5, 0.6) is 0 Å². The number of amides is 1. The van der Waals surface area contributed by atoms with E-state index in [9.17, 15) is 9.59 Å². The van der Waals surface area contributed by atoms with Gasteiger partial charge in [0, 0.05) is 18.3 Å². The average Bonchev–Trinajstić information content (AvgIpc) is 3.16. The first kappa shape index (κ1) is 16.2. The summed E-state index contributed by atoms with van der Waals surface area (Å²) in [5, 5.41) is 13.4. The second-order valence-corrected chi connectivity index (χ2v) is 6.11. The zero-order valence-corrected chi connectivity index (χ0v) is 14.0. The van der Waals surface area contributed by atoms with Crippen molar-refractivity contribution in [3.63, 3.8) is 0 Å². The fourth-order valence-corrected chi connectivity index (χ4v) is 3.15. The molecule has 1 N–H and O–H groups in total. The standard InChI is InChI=1S/C18H21N3O3/c1-3-12-7-9-13(10-8-12)21-15-6-4-5-14(15)17(19-21)18(24)20(2)11-16(22)23/h7-10H,3-6,11H2,1-2H3,(H,22,23). The van der Waals surface area contributed by atoms with E-state index in [0.717, 1.165) is 42.6 Å². The van der Waals surface area contributed by atoms with Gasteiger partial charge in [0.05, 0.1) is 5.69 Å². The normalized spacial score (nSPS) is 12.9. The van der Waals surface area contributed by atoms with Crippen LogP contribution in [0.4, 0.5) is 0 Å². The predicted molar refractivity (Wildman–Crippen MR) is 89.6 cm³/mol. The van der Waals surface area contributed by atoms with Crippen LogP contribution in [0.2, 0.25) is 0 Å². The highest BCUT2D eigenvalue weighted by atomic mass is 16.4. The third-order valence-electron chi connectivity index (χ3n) is 4.44. The Morgan fingerprint density at radius 3 is 2.58 bits per heavy atom. The van der Waals surface area contributed by atoms with Crippen LogP contribution in [0.25, 0.3) is 5.69 Å². The number of hydrogen-bond acceptors (Lipinski definition) is 3. The SMILES string of the molecule is CCc1ccc(-n2nc(C(=O)N(C)CC(=O)O)c3c2CCC3)cc1. The van der Waals surface area contributed by atoms with Gasteiger partial charge < -0.3 is 10.0 Å². The topological polar surface area (TPSA) is 75.4 Å². The largest absolute Gasteiger partial charge is 0.480 e. The maximum Gasteiger partial charge on any atom is 0.323 e. The Kier molecular flexibility index (Phi) is 4.38. The number of hydrogen-bond donors (Lipinski definition) is 1. The third kappa shape index (κ3) is 2.91. The summed E-state index contributed by atoms with van der Waals surface area (Å²) < 4.78 is 1.84. The van der Waals surface area contributed by atoms with E-state index in [2.05, 4.69) is 24.2 Å². The van der Waals surface area contributed by atoms with Gasteiger partial charge in [-0.2, -0.15) is 5.10 Å². The van der Waals surface area contributed by atoms with Crippen molar-refractivity contribution in [1.29, 1.82) is 0 Å². The van der Waals surface area contributed by atoms with Crippen LogP contribution in [-0.2, 0) is 24.1 Å². The van der Waals surface area contributed by atoms with E-state index in [1.807, 2.05) is 16.8 Å². The van der Waals surface area contributed by atoms with Crippen molar-refractivity contribution in [3.05, 3.63) is 46.8 Å². The molecule has 0 bridgehead atoms. The fourth-order valence-electron chi connectivity index (χ4n) is 3.15. The van der Waals surface area contributed by atoms with E-state index in [1.165, 1.54) is 17.5 Å². The van der Waals surface area contributed by atoms with Gasteiger partial charge in [0.25, 0.3) is 5.91 Å². The summed E-state index contributed by atoms with van der Waals surface area (Å²) in [6, 6.07) is 8.16. The number of carbonyl (C=O) groups excluding carboxylic acids is 1. The molecule has 3 rings (SSSR count). The summed E-state index contributed by atoms with van der Waals surface area (Å²) in [4.78, 5) is 24.6. The fraction of sp³-hybridized carbons (Fsp3) is 0.389. The van der Waals surface area contributed by atoms with Crippen LogP contribution < -0.4 is 0 Å². The van der Waals surface area contributed by atoms with E-state index in [-0.39, 0.29) is 12.5 Å². The summed E-state index contributed by atoms with van der Waals surface area (Å²) >= 11 is 0. The summed E-state index contributed by atoms with van der Waals surface area (Å²) in [5.74, 6) is -1.36. The van der Waals surface area contributed by atoms with E-state index in [0.29, 0.717) is 5.69 Å². The lowest BCUT2D eigenvalue weighted by atomic mass is 10.1. The minimum atomic E-state index is -1.03. The quantitative estimate of drug-likeness (QED) is 0.912. The number of carboxylic acid groups (broad SMARTS) is 1. The smallest absolute Gasteiger partial charge is 0.323 e. The zero-order valence-electron chi connectivity index (χ0n) is 14.0. The van der Waals surface area contributed by atoms with E-state index in [1.54, 1.807) is 0 Å². The third-order valence-corrected chi connectivity index (χ3v) is 4.44. The van der Waals surface area contributed by atoms with Crippen LogP contribution in [0.3, 0.4) is 0 Å². The second-order valence-electron chi connectivity index (χ2n) is 6.11. The number of fused-ring (bicyclic) bond motifs is 1. The molecule has 0 fully saturated rings. The number of aryl methyl sites for hydroxylation is 1. The van der Waals surface area contributed by atoms with Crippen LogP contribution in [-0.4, -0.2) is 45.3 Å². The number of aromatic nitrogens is 2. The Balaban J connectivity index is 1.98. The van der Waals surface area contributed by atoms with E-state index < -0.39 is 5.97 Å². The van der Waals surface area contributed by atoms with Gasteiger partial charge in [-0.25, -0.2) is 4.68 Å². The van der Waals surface area contributed by atoms with E-state index in [4.69, 9.17) is 5.11 Å². The first-order valence-electron chi connectivity index (χ1n) is 8.18. The van der Waals surface area contributed by atoms with Crippen LogP contribution in [0.15, 0.2) is 24.3 Å². The molecular formula is C18H21N3O3. The summed E-state index contributed by atoms with van der Waals surface area (Å²) in [6.45, 7) is 1.78. The predicted octanol–water partition coefficient (Wildman–Crippen LogP) is 2.08. The Labute approximate surface area is 140 Å². The number of carbonyl (C=O) groups is 2. The van der Waals surface area contributed by atoms with Crippen molar-refractivity contribution in [2.45, 2.75) is 32.6 Å². The van der Waals surface area contributed by atoms with Crippen molar-refractivity contribution in [1.82, 2.24) is 14.7 Å². The molecule has 0 unspecified atom stereocenters. The van der Waals surface area contributed by atoms with Crippen LogP contribution >= 0.6 is 0 Å². The average molecular weight is 327 g/mol. The van der Waals surface area contributed by atoms with Gasteiger partial charge in [-0.05, 0) is 43.4 Å². The van der Waals surface area contributed by atoms with Crippen LogP contribution in [0, 0.1) is 0 Å². The highest BCUT2D eigenvalue weighted by molar-refractivity contribution is 5.95. The number of likely N-dealkylation sites (N-methyl/N-ethyl adjacent to an activating group) is 1. The molecule has 6 heteroatoms. The lowest BCUT2D eigenvalue weighted by molar-refractivity contribution is -0.137. The van der Waals surface area contributed by atoms with Gasteiger partial charge in [-0.1, -0.05) is 19.1 Å². The van der Waals surface area contributed by atoms with E-state index >= 15 is 0 Å². The molecule has 1 aliphatic rings. The first-order valence-corrected chi connectivity index (χ1v) is 8.18. The van der Waals surface area contributed by atoms with Gasteiger partial charge in [-0.15, -0.1) is 0 Å². The van der Waals surface area contributed by atoms with Crippen molar-refractivity contribution < 1.29 is 14.7 Å². The molecule has 2 aromatic rings. The summed E-state index contributed by atoms with van der Waals surface area (Å²) in [6.07, 6.45) is 3.66. The molecule has 6 nitrogen and oxygen atoms in total. The molecule has 1 heterocycles. The molecule has 24 heavy (non-hydrogen) atoms. The zero-order chi connectivity index (χ0) is 17.3. The Bertz CT molecular complexity index is 778. The molecule has 1 amide bonds. The van der Waals surface area contributed by atoms with Crippen molar-refractivity contribution in [2.75, 3.05) is 13.6 Å². The molecule has 126 valence electrons. The van der Waals surface area contributed by atoms with Gasteiger partial charge in [0.15, 0.2) is 5.69 Å².